The van der Waals surface area contributed by atoms with Gasteiger partial charge in [0.25, 0.3) is 0 Å². The van der Waals surface area contributed by atoms with Gasteiger partial charge in [-0.1, -0.05) is 0 Å². The zero-order valence-corrected chi connectivity index (χ0v) is 9.97. The molecule has 0 saturated heterocycles. The first kappa shape index (κ1) is 12.5. The quantitative estimate of drug-likeness (QED) is 0.882. The number of ether oxygens (including phenoxy) is 1. The molecule has 0 unspecified atom stereocenters. The van der Waals surface area contributed by atoms with Crippen molar-refractivity contribution in [2.75, 3.05) is 13.3 Å². The van der Waals surface area contributed by atoms with Crippen molar-refractivity contribution in [1.29, 1.82) is 0 Å². The fourth-order valence-corrected chi connectivity index (χ4v) is 1.64. The van der Waals surface area contributed by atoms with Gasteiger partial charge in [-0.05, 0) is 42.0 Å². The van der Waals surface area contributed by atoms with Gasteiger partial charge in [-0.2, -0.15) is 0 Å². The molecule has 0 saturated carbocycles. The molecule has 2 N–H and O–H groups in total. The van der Waals surface area contributed by atoms with E-state index in [0.717, 1.165) is 16.8 Å². The highest BCUT2D eigenvalue weighted by atomic mass is 19.1. The summed E-state index contributed by atoms with van der Waals surface area (Å²) < 4.78 is 17.1. The number of hydrogen-bond acceptors (Lipinski definition) is 3. The third kappa shape index (κ3) is 3.05. The maximum absolute atomic E-state index is 12.0. The SMILES string of the molecule is NCc1ccnc(-c2ccc(OCCF)cc2)c1. The normalized spacial score (nSPS) is 10.3. The largest absolute Gasteiger partial charge is 0.491 e. The third-order valence-corrected chi connectivity index (χ3v) is 2.56. The van der Waals surface area contributed by atoms with Crippen molar-refractivity contribution < 1.29 is 9.13 Å². The lowest BCUT2D eigenvalue weighted by Gasteiger charge is -2.06. The van der Waals surface area contributed by atoms with Gasteiger partial charge in [0.05, 0.1) is 5.69 Å². The van der Waals surface area contributed by atoms with Crippen LogP contribution in [0.2, 0.25) is 0 Å². The fraction of sp³-hybridized carbons (Fsp3) is 0.214. The van der Waals surface area contributed by atoms with E-state index in [1.807, 2.05) is 36.4 Å². The maximum atomic E-state index is 12.0. The van der Waals surface area contributed by atoms with E-state index >= 15 is 0 Å². The molecule has 1 aromatic carbocycles. The molecule has 4 heteroatoms. The number of benzene rings is 1. The number of rotatable bonds is 5. The van der Waals surface area contributed by atoms with Crippen molar-refractivity contribution in [3.8, 4) is 17.0 Å². The summed E-state index contributed by atoms with van der Waals surface area (Å²) in [6.45, 7) is 0.0926. The Hall–Kier alpha value is -1.94. The Morgan fingerprint density at radius 2 is 1.94 bits per heavy atom. The molecule has 3 nitrogen and oxygen atoms in total. The van der Waals surface area contributed by atoms with E-state index in [4.69, 9.17) is 10.5 Å². The van der Waals surface area contributed by atoms with E-state index in [-0.39, 0.29) is 6.61 Å². The van der Waals surface area contributed by atoms with Gasteiger partial charge in [-0.25, -0.2) is 4.39 Å². The van der Waals surface area contributed by atoms with Crippen LogP contribution in [0.4, 0.5) is 4.39 Å². The molecule has 1 aromatic heterocycles. The highest BCUT2D eigenvalue weighted by molar-refractivity contribution is 5.60. The van der Waals surface area contributed by atoms with Gasteiger partial charge in [-0.3, -0.25) is 4.98 Å². The number of nitrogens with zero attached hydrogens (tertiary/aromatic N) is 1. The van der Waals surface area contributed by atoms with Crippen LogP contribution in [0.25, 0.3) is 11.3 Å². The average molecular weight is 246 g/mol. The number of aromatic nitrogens is 1. The maximum Gasteiger partial charge on any atom is 0.123 e. The molecule has 1 heterocycles. The van der Waals surface area contributed by atoms with Gasteiger partial charge in [0.1, 0.15) is 19.0 Å². The van der Waals surface area contributed by atoms with Gasteiger partial charge in [0.15, 0.2) is 0 Å². The summed E-state index contributed by atoms with van der Waals surface area (Å²) >= 11 is 0. The minimum absolute atomic E-state index is 0.0836. The summed E-state index contributed by atoms with van der Waals surface area (Å²) in [5, 5.41) is 0. The van der Waals surface area contributed by atoms with E-state index < -0.39 is 6.67 Å². The number of hydrogen-bond donors (Lipinski definition) is 1. The van der Waals surface area contributed by atoms with Crippen LogP contribution >= 0.6 is 0 Å². The molecule has 0 amide bonds. The summed E-state index contributed by atoms with van der Waals surface area (Å²) in [4.78, 5) is 4.29. The first-order valence-electron chi connectivity index (χ1n) is 5.77. The first-order valence-corrected chi connectivity index (χ1v) is 5.77. The van der Waals surface area contributed by atoms with E-state index in [2.05, 4.69) is 4.98 Å². The Labute approximate surface area is 105 Å². The van der Waals surface area contributed by atoms with Gasteiger partial charge in [0, 0.05) is 18.3 Å². The zero-order valence-electron chi connectivity index (χ0n) is 9.97. The molecule has 0 radical (unpaired) electrons. The minimum atomic E-state index is -0.484. The van der Waals surface area contributed by atoms with Gasteiger partial charge >= 0.3 is 0 Å². The van der Waals surface area contributed by atoms with Crippen LogP contribution in [-0.4, -0.2) is 18.3 Å². The second-order valence-corrected chi connectivity index (χ2v) is 3.82. The second-order valence-electron chi connectivity index (χ2n) is 3.82. The van der Waals surface area contributed by atoms with Crippen LogP contribution in [0.5, 0.6) is 5.75 Å². The van der Waals surface area contributed by atoms with Crippen molar-refractivity contribution in [3.63, 3.8) is 0 Å². The van der Waals surface area contributed by atoms with E-state index in [1.54, 1.807) is 6.20 Å². The highest BCUT2D eigenvalue weighted by Gasteiger charge is 2.01. The summed E-state index contributed by atoms with van der Waals surface area (Å²) in [5.74, 6) is 0.659. The Balaban J connectivity index is 2.17. The predicted molar refractivity (Wildman–Crippen MR) is 69.0 cm³/mol. The lowest BCUT2D eigenvalue weighted by Crippen LogP contribution is -1.98. The summed E-state index contributed by atoms with van der Waals surface area (Å²) in [6, 6.07) is 11.3. The number of alkyl halides is 1. The van der Waals surface area contributed by atoms with E-state index in [9.17, 15) is 4.39 Å². The zero-order chi connectivity index (χ0) is 12.8. The van der Waals surface area contributed by atoms with Crippen LogP contribution in [-0.2, 0) is 6.54 Å². The van der Waals surface area contributed by atoms with Crippen LogP contribution in [0.15, 0.2) is 42.6 Å². The van der Waals surface area contributed by atoms with E-state index in [1.165, 1.54) is 0 Å². The van der Waals surface area contributed by atoms with Gasteiger partial charge < -0.3 is 10.5 Å². The summed E-state index contributed by atoms with van der Waals surface area (Å²) in [7, 11) is 0. The number of nitrogens with two attached hydrogens (primary N) is 1. The van der Waals surface area contributed by atoms with Crippen LogP contribution < -0.4 is 10.5 Å². The lowest BCUT2D eigenvalue weighted by molar-refractivity contribution is 0.273. The van der Waals surface area contributed by atoms with Crippen molar-refractivity contribution >= 4 is 0 Å². The smallest absolute Gasteiger partial charge is 0.123 e. The topological polar surface area (TPSA) is 48.1 Å². The molecule has 0 bridgehead atoms. The Morgan fingerprint density at radius 3 is 2.61 bits per heavy atom. The highest BCUT2D eigenvalue weighted by Crippen LogP contribution is 2.21. The second kappa shape index (κ2) is 6.12. The standard InChI is InChI=1S/C14H15FN2O/c15-6-8-18-13-3-1-12(2-4-13)14-9-11(10-16)5-7-17-14/h1-5,7,9H,6,8,10,16H2. The summed E-state index contributed by atoms with van der Waals surface area (Å²) in [5.41, 5.74) is 8.49. The van der Waals surface area contributed by atoms with Crippen LogP contribution in [0, 0.1) is 0 Å². The summed E-state index contributed by atoms with van der Waals surface area (Å²) in [6.07, 6.45) is 1.74. The average Bonchev–Trinajstić information content (AvgIpc) is 2.46. The molecular weight excluding hydrogens is 231 g/mol. The molecule has 0 aliphatic heterocycles. The third-order valence-electron chi connectivity index (χ3n) is 2.56. The lowest BCUT2D eigenvalue weighted by atomic mass is 10.1. The van der Waals surface area contributed by atoms with Gasteiger partial charge in [-0.15, -0.1) is 0 Å². The molecule has 18 heavy (non-hydrogen) atoms. The number of pyridine rings is 1. The fourth-order valence-electron chi connectivity index (χ4n) is 1.64. The molecule has 94 valence electrons. The van der Waals surface area contributed by atoms with E-state index in [0.29, 0.717) is 12.3 Å². The molecule has 2 rings (SSSR count). The van der Waals surface area contributed by atoms with Crippen LogP contribution in [0.3, 0.4) is 0 Å². The molecular formula is C14H15FN2O. The Morgan fingerprint density at radius 1 is 1.17 bits per heavy atom. The molecule has 0 aliphatic rings. The predicted octanol–water partition coefficient (Wildman–Crippen LogP) is 2.56. The Kier molecular flexibility index (Phi) is 4.25. The number of halogens is 1. The van der Waals surface area contributed by atoms with Crippen molar-refractivity contribution in [2.45, 2.75) is 6.54 Å². The Bertz CT molecular complexity index is 499. The molecule has 0 aliphatic carbocycles. The van der Waals surface area contributed by atoms with Crippen molar-refractivity contribution in [3.05, 3.63) is 48.2 Å². The van der Waals surface area contributed by atoms with Gasteiger partial charge in [0.2, 0.25) is 0 Å². The molecule has 2 aromatic rings. The van der Waals surface area contributed by atoms with Crippen molar-refractivity contribution in [1.82, 2.24) is 4.98 Å². The first-order chi connectivity index (χ1) is 8.83. The van der Waals surface area contributed by atoms with Crippen LogP contribution in [0.1, 0.15) is 5.56 Å². The monoisotopic (exact) mass is 246 g/mol. The minimum Gasteiger partial charge on any atom is -0.491 e. The molecule has 0 spiro atoms. The molecule has 0 fully saturated rings. The van der Waals surface area contributed by atoms with Crippen molar-refractivity contribution in [2.24, 2.45) is 5.73 Å². The molecule has 0 atom stereocenters.